The van der Waals surface area contributed by atoms with Crippen LogP contribution < -0.4 is 0 Å². The molecule has 0 aliphatic rings. The van der Waals surface area contributed by atoms with Gasteiger partial charge < -0.3 is 0 Å². The van der Waals surface area contributed by atoms with Gasteiger partial charge in [-0.25, -0.2) is 0 Å². The molecule has 0 N–H and O–H groups in total. The molecular weight excluding hydrogens is 120 g/mol. The fraction of sp³-hybridized carbons (Fsp3) is 0.600. The van der Waals surface area contributed by atoms with Crippen LogP contribution >= 0.6 is 0 Å². The maximum absolute atomic E-state index is 2.28. The molecule has 0 heteroatoms. The van der Waals surface area contributed by atoms with Crippen LogP contribution in [0, 0.1) is 5.92 Å². The van der Waals surface area contributed by atoms with Crippen molar-refractivity contribution < 1.29 is 0 Å². The van der Waals surface area contributed by atoms with E-state index in [0.29, 0.717) is 0 Å². The maximum atomic E-state index is 2.28. The Balaban J connectivity index is 3.33. The van der Waals surface area contributed by atoms with Crippen molar-refractivity contribution in [2.45, 2.75) is 33.6 Å². The van der Waals surface area contributed by atoms with Crippen LogP contribution in [0.1, 0.15) is 33.6 Å². The van der Waals surface area contributed by atoms with Gasteiger partial charge in [-0.15, -0.1) is 0 Å². The van der Waals surface area contributed by atoms with Crippen molar-refractivity contribution in [3.8, 4) is 0 Å². The molecule has 0 heterocycles. The number of hydrogen-bond donors (Lipinski definition) is 0. The van der Waals surface area contributed by atoms with Crippen LogP contribution in [0.2, 0.25) is 0 Å². The smallest absolute Gasteiger partial charge is 0.0322 e. The summed E-state index contributed by atoms with van der Waals surface area (Å²) >= 11 is 0. The second kappa shape index (κ2) is 6.60. The molecule has 0 saturated heterocycles. The first kappa shape index (κ1) is 9.48. The molecule has 0 aromatic carbocycles. The Morgan fingerprint density at radius 2 is 1.40 bits per heavy atom. The molecule has 1 unspecified atom stereocenters. The van der Waals surface area contributed by atoms with Crippen molar-refractivity contribution in [3.63, 3.8) is 0 Å². The fourth-order valence-electron chi connectivity index (χ4n) is 0.833. The maximum Gasteiger partial charge on any atom is -0.0322 e. The topological polar surface area (TPSA) is 0 Å². The lowest BCUT2D eigenvalue weighted by molar-refractivity contribution is 0.602. The third-order valence-corrected chi connectivity index (χ3v) is 1.55. The largest absolute Gasteiger partial charge is 0.0917 e. The Morgan fingerprint density at radius 1 is 1.00 bits per heavy atom. The third-order valence-electron chi connectivity index (χ3n) is 1.55. The van der Waals surface area contributed by atoms with Crippen LogP contribution in [0.3, 0.4) is 0 Å². The van der Waals surface area contributed by atoms with Gasteiger partial charge in [0.1, 0.15) is 0 Å². The average molecular weight is 138 g/mol. The van der Waals surface area contributed by atoms with Gasteiger partial charge in [0.15, 0.2) is 0 Å². The molecule has 0 saturated carbocycles. The van der Waals surface area contributed by atoms with Crippen molar-refractivity contribution in [1.82, 2.24) is 0 Å². The predicted molar refractivity (Wildman–Crippen MR) is 48.0 cm³/mol. The van der Waals surface area contributed by atoms with Crippen molar-refractivity contribution >= 4 is 0 Å². The van der Waals surface area contributed by atoms with Crippen molar-refractivity contribution in [2.24, 2.45) is 5.92 Å². The van der Waals surface area contributed by atoms with E-state index in [1.807, 2.05) is 0 Å². The number of allylic oxidation sites excluding steroid dienone is 4. The summed E-state index contributed by atoms with van der Waals surface area (Å²) < 4.78 is 0. The Morgan fingerprint density at radius 3 is 1.70 bits per heavy atom. The van der Waals surface area contributed by atoms with Gasteiger partial charge in [-0.3, -0.25) is 0 Å². The van der Waals surface area contributed by atoms with E-state index in [2.05, 4.69) is 45.1 Å². The SMILES string of the molecule is CC=CCC(C)C/C=C\C. The first-order chi connectivity index (χ1) is 4.81. The van der Waals surface area contributed by atoms with E-state index in [1.165, 1.54) is 12.8 Å². The minimum absolute atomic E-state index is 0.799. The molecule has 0 bridgehead atoms. The van der Waals surface area contributed by atoms with Gasteiger partial charge >= 0.3 is 0 Å². The summed E-state index contributed by atoms with van der Waals surface area (Å²) in [7, 11) is 0. The average Bonchev–Trinajstić information content (AvgIpc) is 1.97. The lowest BCUT2D eigenvalue weighted by Gasteiger charge is -2.02. The summed E-state index contributed by atoms with van der Waals surface area (Å²) in [4.78, 5) is 0. The summed E-state index contributed by atoms with van der Waals surface area (Å²) in [6.07, 6.45) is 11.1. The van der Waals surface area contributed by atoms with E-state index in [0.717, 1.165) is 5.92 Å². The minimum Gasteiger partial charge on any atom is -0.0917 e. The van der Waals surface area contributed by atoms with Crippen LogP contribution in [-0.2, 0) is 0 Å². The molecule has 0 spiro atoms. The van der Waals surface area contributed by atoms with Crippen molar-refractivity contribution in [1.29, 1.82) is 0 Å². The van der Waals surface area contributed by atoms with E-state index < -0.39 is 0 Å². The highest BCUT2D eigenvalue weighted by Gasteiger charge is 1.93. The second-order valence-electron chi connectivity index (χ2n) is 2.71. The van der Waals surface area contributed by atoms with Crippen LogP contribution in [0.15, 0.2) is 24.3 Å². The molecule has 0 rings (SSSR count). The van der Waals surface area contributed by atoms with E-state index in [4.69, 9.17) is 0 Å². The summed E-state index contributed by atoms with van der Waals surface area (Å²) in [6, 6.07) is 0. The molecule has 0 fully saturated rings. The molecule has 0 aromatic heterocycles. The molecule has 0 nitrogen and oxygen atoms in total. The zero-order chi connectivity index (χ0) is 7.82. The monoisotopic (exact) mass is 138 g/mol. The van der Waals surface area contributed by atoms with Gasteiger partial charge in [-0.05, 0) is 32.6 Å². The van der Waals surface area contributed by atoms with Gasteiger partial charge in [0.05, 0.1) is 0 Å². The molecule has 0 radical (unpaired) electrons. The van der Waals surface area contributed by atoms with Gasteiger partial charge in [-0.1, -0.05) is 31.2 Å². The third kappa shape index (κ3) is 5.61. The summed E-state index contributed by atoms with van der Waals surface area (Å²) in [5.74, 6) is 0.799. The van der Waals surface area contributed by atoms with E-state index in [-0.39, 0.29) is 0 Å². The highest BCUT2D eigenvalue weighted by atomic mass is 14.0. The molecule has 0 aliphatic carbocycles. The lowest BCUT2D eigenvalue weighted by Crippen LogP contribution is -1.88. The van der Waals surface area contributed by atoms with Gasteiger partial charge in [0.2, 0.25) is 0 Å². The van der Waals surface area contributed by atoms with E-state index in [9.17, 15) is 0 Å². The highest BCUT2D eigenvalue weighted by molar-refractivity contribution is 4.84. The molecule has 0 aliphatic heterocycles. The van der Waals surface area contributed by atoms with Crippen LogP contribution in [0.25, 0.3) is 0 Å². The second-order valence-corrected chi connectivity index (χ2v) is 2.71. The van der Waals surface area contributed by atoms with Crippen molar-refractivity contribution in [2.75, 3.05) is 0 Å². The van der Waals surface area contributed by atoms with Crippen LogP contribution in [-0.4, -0.2) is 0 Å². The molecule has 0 aromatic rings. The van der Waals surface area contributed by atoms with E-state index in [1.54, 1.807) is 0 Å². The van der Waals surface area contributed by atoms with Gasteiger partial charge in [0, 0.05) is 0 Å². The number of hydrogen-bond acceptors (Lipinski definition) is 0. The van der Waals surface area contributed by atoms with Crippen molar-refractivity contribution in [3.05, 3.63) is 24.3 Å². The Kier molecular flexibility index (Phi) is 6.25. The van der Waals surface area contributed by atoms with Crippen LogP contribution in [0.5, 0.6) is 0 Å². The lowest BCUT2D eigenvalue weighted by atomic mass is 10.0. The number of rotatable bonds is 4. The fourth-order valence-corrected chi connectivity index (χ4v) is 0.833. The zero-order valence-electron chi connectivity index (χ0n) is 7.30. The Hall–Kier alpha value is -0.520. The standard InChI is InChI=1S/C10H18/c1-4-6-8-10(3)9-7-5-2/h4-7,10H,8-9H2,1-3H3/b6-4-,7-5?. The predicted octanol–water partition coefficient (Wildman–Crippen LogP) is 3.55. The van der Waals surface area contributed by atoms with Crippen LogP contribution in [0.4, 0.5) is 0 Å². The Bertz CT molecular complexity index is 95.2. The Labute approximate surface area is 64.6 Å². The molecule has 0 amide bonds. The van der Waals surface area contributed by atoms with Gasteiger partial charge in [-0.2, -0.15) is 0 Å². The molecule has 1 atom stereocenters. The summed E-state index contributed by atoms with van der Waals surface area (Å²) in [5.41, 5.74) is 0. The first-order valence-corrected chi connectivity index (χ1v) is 4.03. The van der Waals surface area contributed by atoms with Gasteiger partial charge in [0.25, 0.3) is 0 Å². The quantitative estimate of drug-likeness (QED) is 0.521. The zero-order valence-corrected chi connectivity index (χ0v) is 7.30. The van der Waals surface area contributed by atoms with E-state index >= 15 is 0 Å². The first-order valence-electron chi connectivity index (χ1n) is 4.03. The molecule has 58 valence electrons. The molecule has 10 heavy (non-hydrogen) atoms. The molecular formula is C10H18. The minimum atomic E-state index is 0.799. The summed E-state index contributed by atoms with van der Waals surface area (Å²) in [5, 5.41) is 0. The highest BCUT2D eigenvalue weighted by Crippen LogP contribution is 2.08. The normalized spacial score (nSPS) is 15.1. The summed E-state index contributed by atoms with van der Waals surface area (Å²) in [6.45, 7) is 6.42.